The Morgan fingerprint density at radius 2 is 1.94 bits per heavy atom. The van der Waals surface area contributed by atoms with E-state index < -0.39 is 11.7 Å². The van der Waals surface area contributed by atoms with Crippen molar-refractivity contribution in [1.82, 2.24) is 19.7 Å². The number of benzene rings is 2. The summed E-state index contributed by atoms with van der Waals surface area (Å²) < 4.78 is 29.2. The maximum absolute atomic E-state index is 14.2. The Kier molecular flexibility index (Phi) is 5.01. The summed E-state index contributed by atoms with van der Waals surface area (Å²) in [5, 5.41) is 8.04. The number of nitrogens with one attached hydrogen (secondary N) is 1. The summed E-state index contributed by atoms with van der Waals surface area (Å²) in [5.74, 6) is -0.731. The second-order valence-corrected chi connectivity index (χ2v) is 7.79. The van der Waals surface area contributed by atoms with Crippen LogP contribution in [0.3, 0.4) is 0 Å². The predicted octanol–water partition coefficient (Wildman–Crippen LogP) is 3.68. The van der Waals surface area contributed by atoms with Crippen molar-refractivity contribution in [3.05, 3.63) is 76.6 Å². The van der Waals surface area contributed by atoms with Crippen molar-refractivity contribution in [2.24, 2.45) is 5.73 Å². The van der Waals surface area contributed by atoms with E-state index in [0.29, 0.717) is 23.3 Å². The second-order valence-electron chi connectivity index (χ2n) is 7.79. The Bertz CT molecular complexity index is 1350. The lowest BCUT2D eigenvalue weighted by Crippen LogP contribution is -2.16. The first kappa shape index (κ1) is 20.0. The van der Waals surface area contributed by atoms with Crippen molar-refractivity contribution < 1.29 is 13.6 Å². The Balaban J connectivity index is 1.59. The number of nitrogens with zero attached hydrogens (tertiary/aromatic N) is 4. The molecular weight excluding hydrogens is 414 g/mol. The lowest BCUT2D eigenvalue weighted by Gasteiger charge is -2.20. The van der Waals surface area contributed by atoms with Crippen molar-refractivity contribution in [2.75, 3.05) is 5.32 Å². The Labute approximate surface area is 182 Å². The molecule has 2 aromatic heterocycles. The van der Waals surface area contributed by atoms with Gasteiger partial charge in [0.2, 0.25) is 5.91 Å². The van der Waals surface area contributed by atoms with E-state index in [1.54, 1.807) is 6.07 Å². The van der Waals surface area contributed by atoms with Crippen LogP contribution in [0, 0.1) is 11.6 Å². The van der Waals surface area contributed by atoms with E-state index in [-0.39, 0.29) is 17.3 Å². The Morgan fingerprint density at radius 3 is 2.75 bits per heavy atom. The molecule has 0 unspecified atom stereocenters. The van der Waals surface area contributed by atoms with Crippen molar-refractivity contribution in [2.45, 2.75) is 32.2 Å². The molecule has 0 fully saturated rings. The molecule has 32 heavy (non-hydrogen) atoms. The zero-order chi connectivity index (χ0) is 22.2. The highest BCUT2D eigenvalue weighted by Crippen LogP contribution is 2.28. The van der Waals surface area contributed by atoms with Crippen LogP contribution in [-0.4, -0.2) is 25.7 Å². The average Bonchev–Trinajstić information content (AvgIpc) is 3.20. The van der Waals surface area contributed by atoms with Gasteiger partial charge in [-0.1, -0.05) is 12.1 Å². The number of hydrogen-bond acceptors (Lipinski definition) is 5. The van der Waals surface area contributed by atoms with Gasteiger partial charge >= 0.3 is 0 Å². The fraction of sp³-hybridized carbons (Fsp3) is 0.217. The van der Waals surface area contributed by atoms with E-state index in [9.17, 15) is 13.6 Å². The molecule has 5 rings (SSSR count). The molecule has 1 amide bonds. The third-order valence-corrected chi connectivity index (χ3v) is 5.63. The van der Waals surface area contributed by atoms with Crippen LogP contribution in [0.15, 0.2) is 42.6 Å². The number of carbonyl (C=O) groups excluding carboxylic acids is 1. The second kappa shape index (κ2) is 7.99. The fourth-order valence-corrected chi connectivity index (χ4v) is 4.11. The van der Waals surface area contributed by atoms with Crippen LogP contribution in [0.2, 0.25) is 0 Å². The molecule has 0 radical (unpaired) electrons. The molecule has 9 heteroatoms. The van der Waals surface area contributed by atoms with Crippen LogP contribution >= 0.6 is 0 Å². The highest BCUT2D eigenvalue weighted by Gasteiger charge is 2.21. The Hall–Kier alpha value is -3.88. The first-order chi connectivity index (χ1) is 15.5. The number of anilines is 1. The number of carbonyl (C=O) groups is 1. The number of aromatic nitrogens is 4. The molecule has 1 aliphatic carbocycles. The molecule has 7 nitrogen and oxygen atoms in total. The van der Waals surface area contributed by atoms with Gasteiger partial charge in [0.1, 0.15) is 17.5 Å². The van der Waals surface area contributed by atoms with Crippen LogP contribution in [-0.2, 0) is 19.4 Å². The van der Waals surface area contributed by atoms with Gasteiger partial charge in [0, 0.05) is 23.6 Å². The predicted molar refractivity (Wildman–Crippen MR) is 116 cm³/mol. The van der Waals surface area contributed by atoms with Gasteiger partial charge in [0.15, 0.2) is 0 Å². The van der Waals surface area contributed by atoms with E-state index in [1.807, 2.05) is 6.07 Å². The minimum Gasteiger partial charge on any atom is -0.366 e. The molecule has 0 saturated carbocycles. The van der Waals surface area contributed by atoms with Crippen molar-refractivity contribution in [3.63, 3.8) is 0 Å². The quantitative estimate of drug-likeness (QED) is 0.499. The number of nitrogens with two attached hydrogens (primary N) is 1. The van der Waals surface area contributed by atoms with E-state index >= 15 is 0 Å². The largest absolute Gasteiger partial charge is 0.366 e. The molecular formula is C23H20F2N6O. The van der Waals surface area contributed by atoms with Crippen LogP contribution in [0.1, 0.15) is 40.0 Å². The minimum atomic E-state index is -0.738. The number of aryl methyl sites for hydroxylation is 1. The summed E-state index contributed by atoms with van der Waals surface area (Å²) in [6.07, 6.45) is 5.12. The molecule has 4 aromatic rings. The molecule has 2 heterocycles. The minimum absolute atomic E-state index is 0.0497. The Morgan fingerprint density at radius 1 is 1.09 bits per heavy atom. The zero-order valence-electron chi connectivity index (χ0n) is 17.1. The van der Waals surface area contributed by atoms with Crippen molar-refractivity contribution in [3.8, 4) is 5.95 Å². The normalized spacial score (nSPS) is 13.2. The summed E-state index contributed by atoms with van der Waals surface area (Å²) in [6.45, 7) is 0.390. The monoisotopic (exact) mass is 434 g/mol. The molecule has 0 aliphatic heterocycles. The number of hydrogen-bond donors (Lipinski definition) is 2. The van der Waals surface area contributed by atoms with E-state index in [2.05, 4.69) is 15.4 Å². The fourth-order valence-electron chi connectivity index (χ4n) is 4.11. The molecule has 0 bridgehead atoms. The molecule has 162 valence electrons. The van der Waals surface area contributed by atoms with E-state index in [4.69, 9.17) is 10.7 Å². The highest BCUT2D eigenvalue weighted by atomic mass is 19.1. The van der Waals surface area contributed by atoms with Gasteiger partial charge in [-0.2, -0.15) is 14.8 Å². The summed E-state index contributed by atoms with van der Waals surface area (Å²) in [5.41, 5.74) is 8.52. The molecule has 0 atom stereocenters. The van der Waals surface area contributed by atoms with E-state index in [0.717, 1.165) is 48.6 Å². The maximum atomic E-state index is 14.2. The van der Waals surface area contributed by atoms with Gasteiger partial charge in [-0.25, -0.2) is 13.8 Å². The molecule has 0 spiro atoms. The summed E-state index contributed by atoms with van der Waals surface area (Å²) in [7, 11) is 0. The van der Waals surface area contributed by atoms with Gasteiger partial charge in [-0.3, -0.25) is 4.79 Å². The van der Waals surface area contributed by atoms with Crippen molar-refractivity contribution in [1.29, 1.82) is 0 Å². The summed E-state index contributed by atoms with van der Waals surface area (Å²) in [4.78, 5) is 21.1. The third-order valence-electron chi connectivity index (χ3n) is 5.63. The standard InChI is InChI=1S/C23H20F2N6O/c24-14-5-3-4-13(8-14)11-27-22-16-6-1-2-7-19(16)29-23(30-22)31-20-10-15(25)9-17(21(26)32)18(20)12-28-31/h3-5,8-10,12H,1-2,6-7,11H2,(H2,26,32)(H,27,29,30). The number of fused-ring (bicyclic) bond motifs is 2. The topological polar surface area (TPSA) is 98.7 Å². The van der Waals surface area contributed by atoms with Crippen LogP contribution in [0.25, 0.3) is 16.9 Å². The zero-order valence-corrected chi connectivity index (χ0v) is 17.1. The third kappa shape index (κ3) is 3.66. The highest BCUT2D eigenvalue weighted by molar-refractivity contribution is 6.05. The van der Waals surface area contributed by atoms with Gasteiger partial charge in [0.25, 0.3) is 5.95 Å². The molecule has 0 saturated heterocycles. The smallest absolute Gasteiger partial charge is 0.253 e. The van der Waals surface area contributed by atoms with Crippen LogP contribution < -0.4 is 11.1 Å². The van der Waals surface area contributed by atoms with Gasteiger partial charge in [-0.15, -0.1) is 0 Å². The molecule has 2 aromatic carbocycles. The van der Waals surface area contributed by atoms with Gasteiger partial charge in [-0.05, 0) is 49.4 Å². The lowest BCUT2D eigenvalue weighted by atomic mass is 9.96. The van der Waals surface area contributed by atoms with Crippen LogP contribution in [0.5, 0.6) is 0 Å². The summed E-state index contributed by atoms with van der Waals surface area (Å²) in [6, 6.07) is 8.73. The van der Waals surface area contributed by atoms with E-state index in [1.165, 1.54) is 29.1 Å². The number of rotatable bonds is 5. The molecule has 1 aliphatic rings. The first-order valence-corrected chi connectivity index (χ1v) is 10.3. The first-order valence-electron chi connectivity index (χ1n) is 10.3. The summed E-state index contributed by atoms with van der Waals surface area (Å²) >= 11 is 0. The van der Waals surface area contributed by atoms with Gasteiger partial charge in [0.05, 0.1) is 23.0 Å². The SMILES string of the molecule is NC(=O)c1cc(F)cc2c1cnn2-c1nc2c(c(NCc3cccc(F)c3)n1)CCCC2. The average molecular weight is 434 g/mol. The number of halogens is 2. The van der Waals surface area contributed by atoms with Crippen molar-refractivity contribution >= 4 is 22.6 Å². The lowest BCUT2D eigenvalue weighted by molar-refractivity contribution is 0.100. The number of primary amides is 1. The van der Waals surface area contributed by atoms with Crippen LogP contribution in [0.4, 0.5) is 14.6 Å². The maximum Gasteiger partial charge on any atom is 0.253 e. The number of amides is 1. The van der Waals surface area contributed by atoms with Gasteiger partial charge < -0.3 is 11.1 Å². The molecule has 3 N–H and O–H groups in total.